The highest BCUT2D eigenvalue weighted by atomic mass is 35.5. The monoisotopic (exact) mass is 328 g/mol. The van der Waals surface area contributed by atoms with E-state index in [2.05, 4.69) is 16.0 Å². The first-order chi connectivity index (χ1) is 10.2. The molecule has 0 atom stereocenters. The van der Waals surface area contributed by atoms with Crippen LogP contribution in [0.2, 0.25) is 0 Å². The van der Waals surface area contributed by atoms with E-state index >= 15 is 0 Å². The molecule has 1 heterocycles. The maximum Gasteiger partial charge on any atom is 0.292 e. The quantitative estimate of drug-likeness (QED) is 0.545. The van der Waals surface area contributed by atoms with E-state index in [0.29, 0.717) is 18.7 Å². The Labute approximate surface area is 135 Å². The predicted octanol–water partition coefficient (Wildman–Crippen LogP) is 1.69. The molecular weight excluding hydrogens is 308 g/mol. The lowest BCUT2D eigenvalue weighted by Crippen LogP contribution is -2.43. The van der Waals surface area contributed by atoms with Gasteiger partial charge in [0.15, 0.2) is 0 Å². The van der Waals surface area contributed by atoms with Crippen molar-refractivity contribution in [3.63, 3.8) is 0 Å². The fourth-order valence-corrected chi connectivity index (χ4v) is 2.36. The van der Waals surface area contributed by atoms with Crippen LogP contribution >= 0.6 is 12.4 Å². The van der Waals surface area contributed by atoms with E-state index in [1.54, 1.807) is 18.2 Å². The zero-order valence-electron chi connectivity index (χ0n) is 12.2. The molecule has 22 heavy (non-hydrogen) atoms. The van der Waals surface area contributed by atoms with Crippen LogP contribution in [0.5, 0.6) is 0 Å². The van der Waals surface area contributed by atoms with E-state index < -0.39 is 4.92 Å². The first-order valence-electron chi connectivity index (χ1n) is 7.14. The average Bonchev–Trinajstić information content (AvgIpc) is 2.48. The van der Waals surface area contributed by atoms with Crippen LogP contribution in [0.4, 0.5) is 11.4 Å². The number of nitrogens with zero attached hydrogens (tertiary/aromatic N) is 1. The summed E-state index contributed by atoms with van der Waals surface area (Å²) in [4.78, 5) is 22.2. The second-order valence-corrected chi connectivity index (χ2v) is 5.04. The normalized spacial score (nSPS) is 14.7. The molecular formula is C14H21ClN4O3. The molecule has 122 valence electrons. The first-order valence-corrected chi connectivity index (χ1v) is 7.14. The van der Waals surface area contributed by atoms with Gasteiger partial charge in [0, 0.05) is 25.1 Å². The summed E-state index contributed by atoms with van der Waals surface area (Å²) in [6, 6.07) is 6.67. The minimum Gasteiger partial charge on any atom is -0.379 e. The van der Waals surface area contributed by atoms with Crippen molar-refractivity contribution in [3.8, 4) is 0 Å². The van der Waals surface area contributed by atoms with Crippen molar-refractivity contribution in [1.29, 1.82) is 0 Å². The van der Waals surface area contributed by atoms with Gasteiger partial charge in [-0.3, -0.25) is 14.9 Å². The molecule has 8 heteroatoms. The highest BCUT2D eigenvalue weighted by molar-refractivity contribution is 5.85. The summed E-state index contributed by atoms with van der Waals surface area (Å²) in [5.41, 5.74) is 0.466. The second-order valence-electron chi connectivity index (χ2n) is 5.04. The molecule has 0 unspecified atom stereocenters. The van der Waals surface area contributed by atoms with Crippen LogP contribution in [0.1, 0.15) is 19.3 Å². The molecule has 1 amide bonds. The topological polar surface area (TPSA) is 96.3 Å². The molecule has 0 aliphatic carbocycles. The van der Waals surface area contributed by atoms with Crippen molar-refractivity contribution in [2.24, 2.45) is 0 Å². The molecule has 1 aliphatic rings. The van der Waals surface area contributed by atoms with Gasteiger partial charge in [0.25, 0.3) is 5.69 Å². The van der Waals surface area contributed by atoms with Crippen molar-refractivity contribution in [2.75, 3.05) is 25.0 Å². The lowest BCUT2D eigenvalue weighted by molar-refractivity contribution is -0.384. The third-order valence-corrected chi connectivity index (χ3v) is 3.47. The third-order valence-electron chi connectivity index (χ3n) is 3.47. The number of carbonyl (C=O) groups is 1. The SMILES string of the molecule is Cl.O=C(CCNc1ccccc1[N+](=O)[O-])NC1CCNCC1. The second kappa shape index (κ2) is 9.22. The maximum atomic E-state index is 11.8. The Hall–Kier alpha value is -1.86. The molecule has 7 nitrogen and oxygen atoms in total. The first kappa shape index (κ1) is 18.2. The zero-order chi connectivity index (χ0) is 15.1. The Morgan fingerprint density at radius 2 is 2.00 bits per heavy atom. The number of carbonyl (C=O) groups excluding carboxylic acids is 1. The van der Waals surface area contributed by atoms with Crippen LogP contribution in [0.3, 0.4) is 0 Å². The molecule has 3 N–H and O–H groups in total. The molecule has 1 aromatic rings. The van der Waals surface area contributed by atoms with Crippen LogP contribution in [-0.4, -0.2) is 36.5 Å². The fourth-order valence-electron chi connectivity index (χ4n) is 2.36. The van der Waals surface area contributed by atoms with Crippen LogP contribution in [-0.2, 0) is 4.79 Å². The molecule has 1 aliphatic heterocycles. The average molecular weight is 329 g/mol. The van der Waals surface area contributed by atoms with Crippen molar-refractivity contribution >= 4 is 29.7 Å². The van der Waals surface area contributed by atoms with Gasteiger partial charge in [0.2, 0.25) is 5.91 Å². The smallest absolute Gasteiger partial charge is 0.292 e. The Balaban J connectivity index is 0.00000242. The van der Waals surface area contributed by atoms with E-state index in [4.69, 9.17) is 0 Å². The molecule has 1 saturated heterocycles. The van der Waals surface area contributed by atoms with Gasteiger partial charge in [0.05, 0.1) is 4.92 Å². The van der Waals surface area contributed by atoms with E-state index in [-0.39, 0.29) is 30.0 Å². The van der Waals surface area contributed by atoms with Gasteiger partial charge in [-0.1, -0.05) is 12.1 Å². The predicted molar refractivity (Wildman–Crippen MR) is 87.5 cm³/mol. The van der Waals surface area contributed by atoms with Crippen molar-refractivity contribution in [2.45, 2.75) is 25.3 Å². The van der Waals surface area contributed by atoms with Gasteiger partial charge in [-0.25, -0.2) is 0 Å². The number of rotatable bonds is 6. The summed E-state index contributed by atoms with van der Waals surface area (Å²) < 4.78 is 0. The zero-order valence-corrected chi connectivity index (χ0v) is 13.0. The van der Waals surface area contributed by atoms with Gasteiger partial charge in [-0.05, 0) is 32.0 Å². The lowest BCUT2D eigenvalue weighted by atomic mass is 10.1. The summed E-state index contributed by atoms with van der Waals surface area (Å²) in [5, 5.41) is 20.0. The molecule has 0 bridgehead atoms. The molecule has 2 rings (SSSR count). The highest BCUT2D eigenvalue weighted by Crippen LogP contribution is 2.22. The van der Waals surface area contributed by atoms with E-state index in [9.17, 15) is 14.9 Å². The summed E-state index contributed by atoms with van der Waals surface area (Å²) in [5.74, 6) is -0.0204. The molecule has 1 aromatic carbocycles. The fraction of sp³-hybridized carbons (Fsp3) is 0.500. The number of nitro benzene ring substituents is 1. The van der Waals surface area contributed by atoms with E-state index in [0.717, 1.165) is 25.9 Å². The number of piperidine rings is 1. The van der Waals surface area contributed by atoms with Crippen LogP contribution < -0.4 is 16.0 Å². The Bertz CT molecular complexity index is 507. The largest absolute Gasteiger partial charge is 0.379 e. The van der Waals surface area contributed by atoms with Crippen molar-refractivity contribution in [3.05, 3.63) is 34.4 Å². The van der Waals surface area contributed by atoms with Crippen molar-refractivity contribution < 1.29 is 9.72 Å². The Kier molecular flexibility index (Phi) is 7.62. The number of hydrogen-bond acceptors (Lipinski definition) is 5. The van der Waals surface area contributed by atoms with Crippen LogP contribution in [0, 0.1) is 10.1 Å². The lowest BCUT2D eigenvalue weighted by Gasteiger charge is -2.23. The minimum absolute atomic E-state index is 0. The number of nitro groups is 1. The number of benzene rings is 1. The number of anilines is 1. The van der Waals surface area contributed by atoms with E-state index in [1.165, 1.54) is 6.07 Å². The summed E-state index contributed by atoms with van der Waals surface area (Å²) in [6.07, 6.45) is 2.20. The number of para-hydroxylation sites is 2. The number of amides is 1. The standard InChI is InChI=1S/C14H20N4O3.ClH/c19-14(17-11-5-8-15-9-6-11)7-10-16-12-3-1-2-4-13(12)18(20)21;/h1-4,11,15-16H,5-10H2,(H,17,19);1H. The Morgan fingerprint density at radius 3 is 2.68 bits per heavy atom. The van der Waals surface area contributed by atoms with Gasteiger partial charge < -0.3 is 16.0 Å². The van der Waals surface area contributed by atoms with Gasteiger partial charge >= 0.3 is 0 Å². The molecule has 0 aromatic heterocycles. The Morgan fingerprint density at radius 1 is 1.32 bits per heavy atom. The molecule has 0 spiro atoms. The minimum atomic E-state index is -0.433. The summed E-state index contributed by atoms with van der Waals surface area (Å²) in [6.45, 7) is 2.24. The van der Waals surface area contributed by atoms with Gasteiger partial charge in [-0.15, -0.1) is 12.4 Å². The van der Waals surface area contributed by atoms with Gasteiger partial charge in [-0.2, -0.15) is 0 Å². The molecule has 0 saturated carbocycles. The maximum absolute atomic E-state index is 11.8. The van der Waals surface area contributed by atoms with Crippen molar-refractivity contribution in [1.82, 2.24) is 10.6 Å². The third kappa shape index (κ3) is 5.50. The van der Waals surface area contributed by atoms with E-state index in [1.807, 2.05) is 0 Å². The number of halogens is 1. The number of nitrogens with one attached hydrogen (secondary N) is 3. The van der Waals surface area contributed by atoms with Gasteiger partial charge in [0.1, 0.15) is 5.69 Å². The van der Waals surface area contributed by atoms with Crippen LogP contribution in [0.25, 0.3) is 0 Å². The van der Waals surface area contributed by atoms with Crippen LogP contribution in [0.15, 0.2) is 24.3 Å². The molecule has 1 fully saturated rings. The summed E-state index contributed by atoms with van der Waals surface area (Å²) >= 11 is 0. The molecule has 0 radical (unpaired) electrons. The highest BCUT2D eigenvalue weighted by Gasteiger charge is 2.16. The summed E-state index contributed by atoms with van der Waals surface area (Å²) in [7, 11) is 0. The number of hydrogen-bond donors (Lipinski definition) is 3.